The van der Waals surface area contributed by atoms with Gasteiger partial charge >= 0.3 is 0 Å². The third-order valence-electron chi connectivity index (χ3n) is 3.82. The Morgan fingerprint density at radius 1 is 1.08 bits per heavy atom. The van der Waals surface area contributed by atoms with Gasteiger partial charge in [-0.1, -0.05) is 35.3 Å². The Morgan fingerprint density at radius 2 is 1.72 bits per heavy atom. The van der Waals surface area contributed by atoms with Gasteiger partial charge in [-0.05, 0) is 36.8 Å². The van der Waals surface area contributed by atoms with E-state index in [4.69, 9.17) is 32.7 Å². The van der Waals surface area contributed by atoms with Crippen molar-refractivity contribution in [1.29, 1.82) is 0 Å². The van der Waals surface area contributed by atoms with E-state index in [9.17, 15) is 8.42 Å². The summed E-state index contributed by atoms with van der Waals surface area (Å²) in [5.41, 5.74) is 1.16. The molecule has 0 radical (unpaired) electrons. The van der Waals surface area contributed by atoms with Crippen LogP contribution >= 0.6 is 23.2 Å². The van der Waals surface area contributed by atoms with Crippen LogP contribution in [-0.4, -0.2) is 21.6 Å². The second-order valence-corrected chi connectivity index (χ2v) is 8.27. The molecule has 0 fully saturated rings. The summed E-state index contributed by atoms with van der Waals surface area (Å²) in [5, 5.41) is 0.648. The zero-order valence-corrected chi connectivity index (χ0v) is 15.8. The van der Waals surface area contributed by atoms with Gasteiger partial charge in [0, 0.05) is 21.7 Å². The molecule has 134 valence electrons. The highest BCUT2D eigenvalue weighted by Gasteiger charge is 2.21. The molecule has 25 heavy (non-hydrogen) atoms. The van der Waals surface area contributed by atoms with Crippen LogP contribution in [0.3, 0.4) is 0 Å². The van der Waals surface area contributed by atoms with Gasteiger partial charge in [0.1, 0.15) is 13.2 Å². The van der Waals surface area contributed by atoms with E-state index < -0.39 is 16.1 Å². The first-order chi connectivity index (χ1) is 11.9. The molecule has 2 aromatic rings. The predicted molar refractivity (Wildman–Crippen MR) is 98.1 cm³/mol. The van der Waals surface area contributed by atoms with E-state index in [-0.39, 0.29) is 5.75 Å². The summed E-state index contributed by atoms with van der Waals surface area (Å²) in [6.45, 7) is 2.74. The maximum atomic E-state index is 12.5. The average Bonchev–Trinajstić information content (AvgIpc) is 2.57. The molecule has 0 unspecified atom stereocenters. The second-order valence-electron chi connectivity index (χ2n) is 5.70. The highest BCUT2D eigenvalue weighted by Crippen LogP contribution is 2.33. The van der Waals surface area contributed by atoms with Gasteiger partial charge in [-0.2, -0.15) is 0 Å². The van der Waals surface area contributed by atoms with Gasteiger partial charge in [0.2, 0.25) is 10.0 Å². The Bertz CT molecular complexity index is 866. The first kappa shape index (κ1) is 18.3. The first-order valence-electron chi connectivity index (χ1n) is 7.68. The van der Waals surface area contributed by atoms with E-state index in [1.807, 2.05) is 6.07 Å². The number of rotatable bonds is 5. The van der Waals surface area contributed by atoms with E-state index in [2.05, 4.69) is 4.72 Å². The van der Waals surface area contributed by atoms with Crippen molar-refractivity contribution in [3.05, 3.63) is 57.6 Å². The largest absolute Gasteiger partial charge is 0.486 e. The monoisotopic (exact) mass is 401 g/mol. The van der Waals surface area contributed by atoms with Crippen molar-refractivity contribution in [3.63, 3.8) is 0 Å². The van der Waals surface area contributed by atoms with Gasteiger partial charge in [0.25, 0.3) is 0 Å². The number of benzene rings is 2. The number of halogens is 2. The zero-order chi connectivity index (χ0) is 18.0. The molecule has 1 atom stereocenters. The van der Waals surface area contributed by atoms with Crippen molar-refractivity contribution in [2.24, 2.45) is 0 Å². The van der Waals surface area contributed by atoms with Crippen molar-refractivity contribution in [3.8, 4) is 11.5 Å². The van der Waals surface area contributed by atoms with E-state index in [1.54, 1.807) is 37.3 Å². The zero-order valence-electron chi connectivity index (χ0n) is 13.5. The number of nitrogens with one attached hydrogen (secondary N) is 1. The fraction of sp³-hybridized carbons (Fsp3) is 0.294. The van der Waals surface area contributed by atoms with Gasteiger partial charge in [0.15, 0.2) is 11.5 Å². The summed E-state index contributed by atoms with van der Waals surface area (Å²) in [4.78, 5) is 0. The Balaban J connectivity index is 1.76. The third-order valence-corrected chi connectivity index (χ3v) is 5.91. The summed E-state index contributed by atoms with van der Waals surface area (Å²) in [5.74, 6) is 0.984. The number of sulfonamides is 1. The minimum atomic E-state index is -3.64. The number of fused-ring (bicyclic) bond motifs is 1. The standard InChI is InChI=1S/C17H17Cl2NO4S/c1-11(12-5-6-16-17(9-12)24-8-7-23-16)20-25(21,22)10-13-14(18)3-2-4-15(13)19/h2-6,9,11,20H,7-8,10H2,1H3/t11-/m1/s1. The van der Waals surface area contributed by atoms with Gasteiger partial charge in [-0.3, -0.25) is 0 Å². The fourth-order valence-corrected chi connectivity index (χ4v) is 4.71. The van der Waals surface area contributed by atoms with Gasteiger partial charge in [-0.25, -0.2) is 13.1 Å². The smallest absolute Gasteiger partial charge is 0.216 e. The number of hydrogen-bond acceptors (Lipinski definition) is 4. The fourth-order valence-electron chi connectivity index (χ4n) is 2.57. The van der Waals surface area contributed by atoms with E-state index in [1.165, 1.54) is 0 Å². The highest BCUT2D eigenvalue weighted by atomic mass is 35.5. The molecule has 0 bridgehead atoms. The average molecular weight is 402 g/mol. The molecular weight excluding hydrogens is 385 g/mol. The van der Waals surface area contributed by atoms with Crippen molar-refractivity contribution in [2.45, 2.75) is 18.7 Å². The molecule has 8 heteroatoms. The Hall–Kier alpha value is -1.47. The number of ether oxygens (including phenoxy) is 2. The van der Waals surface area contributed by atoms with Crippen LogP contribution in [0.25, 0.3) is 0 Å². The van der Waals surface area contributed by atoms with Crippen LogP contribution in [0.1, 0.15) is 24.1 Å². The Kier molecular flexibility index (Phi) is 5.43. The normalized spacial score (nSPS) is 15.0. The van der Waals surface area contributed by atoms with Crippen LogP contribution in [0.15, 0.2) is 36.4 Å². The minimum Gasteiger partial charge on any atom is -0.486 e. The van der Waals surface area contributed by atoms with Crippen LogP contribution in [0.4, 0.5) is 0 Å². The maximum Gasteiger partial charge on any atom is 0.216 e. The van der Waals surface area contributed by atoms with E-state index in [0.29, 0.717) is 40.3 Å². The summed E-state index contributed by atoms with van der Waals surface area (Å²) >= 11 is 12.1. The lowest BCUT2D eigenvalue weighted by Gasteiger charge is -2.21. The summed E-state index contributed by atoms with van der Waals surface area (Å²) < 4.78 is 38.6. The third kappa shape index (κ3) is 4.39. The molecule has 0 spiro atoms. The van der Waals surface area contributed by atoms with E-state index >= 15 is 0 Å². The van der Waals surface area contributed by atoms with Crippen LogP contribution in [0.5, 0.6) is 11.5 Å². The van der Waals surface area contributed by atoms with E-state index in [0.717, 1.165) is 5.56 Å². The quantitative estimate of drug-likeness (QED) is 0.823. The topological polar surface area (TPSA) is 64.6 Å². The molecule has 1 heterocycles. The molecule has 1 aliphatic heterocycles. The molecular formula is C17H17Cl2NO4S. The first-order valence-corrected chi connectivity index (χ1v) is 10.1. The molecule has 1 N–H and O–H groups in total. The highest BCUT2D eigenvalue weighted by molar-refractivity contribution is 7.88. The molecule has 2 aromatic carbocycles. The van der Waals surface area contributed by atoms with Crippen molar-refractivity contribution in [1.82, 2.24) is 4.72 Å². The van der Waals surface area contributed by atoms with Crippen LogP contribution < -0.4 is 14.2 Å². The van der Waals surface area contributed by atoms with Crippen molar-refractivity contribution in [2.75, 3.05) is 13.2 Å². The molecule has 1 aliphatic rings. The lowest BCUT2D eigenvalue weighted by Crippen LogP contribution is -2.28. The van der Waals surface area contributed by atoms with Gasteiger partial charge in [-0.15, -0.1) is 0 Å². The van der Waals surface area contributed by atoms with Gasteiger partial charge in [0.05, 0.1) is 5.75 Å². The summed E-state index contributed by atoms with van der Waals surface area (Å²) in [6, 6.07) is 9.83. The molecule has 5 nitrogen and oxygen atoms in total. The molecule has 3 rings (SSSR count). The molecule has 0 amide bonds. The molecule has 0 saturated heterocycles. The molecule has 0 aromatic heterocycles. The van der Waals surface area contributed by atoms with Crippen LogP contribution in [0, 0.1) is 0 Å². The number of hydrogen-bond donors (Lipinski definition) is 1. The van der Waals surface area contributed by atoms with Crippen molar-refractivity contribution < 1.29 is 17.9 Å². The SMILES string of the molecule is C[C@@H](NS(=O)(=O)Cc1c(Cl)cccc1Cl)c1ccc2c(c1)OCCO2. The lowest BCUT2D eigenvalue weighted by molar-refractivity contribution is 0.171. The molecule has 0 aliphatic carbocycles. The summed E-state index contributed by atoms with van der Waals surface area (Å²) in [7, 11) is -3.64. The summed E-state index contributed by atoms with van der Waals surface area (Å²) in [6.07, 6.45) is 0. The van der Waals surface area contributed by atoms with Gasteiger partial charge < -0.3 is 9.47 Å². The molecule has 0 saturated carbocycles. The van der Waals surface area contributed by atoms with Crippen LogP contribution in [0.2, 0.25) is 10.0 Å². The predicted octanol–water partition coefficient (Wildman–Crippen LogP) is 3.95. The van der Waals surface area contributed by atoms with Crippen LogP contribution in [-0.2, 0) is 15.8 Å². The lowest BCUT2D eigenvalue weighted by atomic mass is 10.1. The van der Waals surface area contributed by atoms with Crippen molar-refractivity contribution >= 4 is 33.2 Å². The Labute approximate surface area is 156 Å². The minimum absolute atomic E-state index is 0.291. The maximum absolute atomic E-state index is 12.5. The Morgan fingerprint density at radius 3 is 2.40 bits per heavy atom. The second kappa shape index (κ2) is 7.41.